The van der Waals surface area contributed by atoms with Gasteiger partial charge in [0.1, 0.15) is 0 Å². The fourth-order valence-electron chi connectivity index (χ4n) is 1.39. The van der Waals surface area contributed by atoms with Crippen molar-refractivity contribution in [2.45, 2.75) is 37.4 Å². The molecule has 1 aliphatic rings. The summed E-state index contributed by atoms with van der Waals surface area (Å²) in [6.07, 6.45) is 5.30. The van der Waals surface area contributed by atoms with E-state index < -0.39 is 7.02 Å². The van der Waals surface area contributed by atoms with Crippen molar-refractivity contribution in [1.82, 2.24) is 0 Å². The van der Waals surface area contributed by atoms with Crippen molar-refractivity contribution < 1.29 is 8.42 Å². The molecule has 0 N–H and O–H groups in total. The third-order valence-electron chi connectivity index (χ3n) is 2.02. The van der Waals surface area contributed by atoms with Crippen molar-refractivity contribution >= 4 is 28.2 Å². The van der Waals surface area contributed by atoms with Crippen LogP contribution < -0.4 is 0 Å². The van der Waals surface area contributed by atoms with Crippen molar-refractivity contribution in [3.63, 3.8) is 0 Å². The number of hydrogen-bond donors (Lipinski definition) is 0. The van der Waals surface area contributed by atoms with Gasteiger partial charge in [-0.25, -0.2) is 0 Å². The van der Waals surface area contributed by atoms with E-state index in [0.29, 0.717) is 21.1 Å². The van der Waals surface area contributed by atoms with Crippen LogP contribution in [0.2, 0.25) is 0 Å². The maximum absolute atomic E-state index is 11.0. The Morgan fingerprint density at radius 1 is 1.10 bits per heavy atom. The molecule has 2 radical (unpaired) electrons. The van der Waals surface area contributed by atoms with E-state index >= 15 is 0 Å². The zero-order chi connectivity index (χ0) is 7.61. The SMILES string of the molecule is O=[S](=O)([SnH])C1CCCCC1. The fraction of sp³-hybridized carbons (Fsp3) is 1.00. The summed E-state index contributed by atoms with van der Waals surface area (Å²) in [7, 11) is -2.60. The second kappa shape index (κ2) is 3.43. The van der Waals surface area contributed by atoms with Crippen molar-refractivity contribution in [1.29, 1.82) is 0 Å². The Kier molecular flexibility index (Phi) is 3.03. The second-order valence-corrected chi connectivity index (χ2v) is 10.3. The summed E-state index contributed by atoms with van der Waals surface area (Å²) in [4.78, 5) is 0. The Hall–Kier alpha value is 0.749. The molecular formula is C6H12O2SSn. The summed E-state index contributed by atoms with van der Waals surface area (Å²) in [5.41, 5.74) is 0. The molecule has 0 aromatic carbocycles. The molecule has 1 saturated carbocycles. The van der Waals surface area contributed by atoms with Crippen LogP contribution in [0.4, 0.5) is 0 Å². The Balaban J connectivity index is 2.56. The quantitative estimate of drug-likeness (QED) is 0.650. The molecule has 1 fully saturated rings. The molecular weight excluding hydrogens is 255 g/mol. The van der Waals surface area contributed by atoms with Gasteiger partial charge in [0, 0.05) is 0 Å². The van der Waals surface area contributed by atoms with Gasteiger partial charge in [-0.15, -0.1) is 0 Å². The van der Waals surface area contributed by atoms with E-state index in [0.717, 1.165) is 25.7 Å². The second-order valence-electron chi connectivity index (χ2n) is 2.85. The molecule has 0 aromatic rings. The minimum absolute atomic E-state index is 0.0312. The summed E-state index contributed by atoms with van der Waals surface area (Å²) < 4.78 is 22.1. The van der Waals surface area contributed by atoms with Gasteiger partial charge in [0.05, 0.1) is 0 Å². The fourth-order valence-corrected chi connectivity index (χ4v) is 4.71. The zero-order valence-corrected chi connectivity index (χ0v) is 10.0. The van der Waals surface area contributed by atoms with Crippen LogP contribution in [0.1, 0.15) is 32.1 Å². The van der Waals surface area contributed by atoms with Gasteiger partial charge in [-0.3, -0.25) is 0 Å². The predicted octanol–water partition coefficient (Wildman–Crippen LogP) is 0.550. The average Bonchev–Trinajstić information content (AvgIpc) is 1.88. The molecule has 0 spiro atoms. The van der Waals surface area contributed by atoms with Gasteiger partial charge in [0.25, 0.3) is 0 Å². The standard InChI is InChI=1S/C6H11O2S.Sn.H/c7-9(8)6-4-2-1-3-5-6;;/h6H,1-5H2;;. The van der Waals surface area contributed by atoms with Crippen molar-refractivity contribution in [2.75, 3.05) is 0 Å². The van der Waals surface area contributed by atoms with Gasteiger partial charge in [-0.1, -0.05) is 0 Å². The normalized spacial score (nSPS) is 22.9. The Morgan fingerprint density at radius 2 is 1.60 bits per heavy atom. The summed E-state index contributed by atoms with van der Waals surface area (Å²) >= 11 is 0.406. The third-order valence-corrected chi connectivity index (χ3v) is 6.71. The van der Waals surface area contributed by atoms with Gasteiger partial charge in [0.2, 0.25) is 0 Å². The van der Waals surface area contributed by atoms with E-state index in [1.54, 1.807) is 0 Å². The molecule has 0 atom stereocenters. The van der Waals surface area contributed by atoms with Crippen LogP contribution in [0.5, 0.6) is 0 Å². The zero-order valence-electron chi connectivity index (χ0n) is 5.91. The van der Waals surface area contributed by atoms with Crippen LogP contribution in [-0.2, 0) is 7.02 Å². The molecule has 2 nitrogen and oxygen atoms in total. The molecule has 0 unspecified atom stereocenters. The summed E-state index contributed by atoms with van der Waals surface area (Å²) in [6, 6.07) is 0. The van der Waals surface area contributed by atoms with Gasteiger partial charge in [-0.05, 0) is 0 Å². The maximum atomic E-state index is 11.0. The van der Waals surface area contributed by atoms with Crippen molar-refractivity contribution in [3.8, 4) is 0 Å². The molecule has 1 aliphatic carbocycles. The van der Waals surface area contributed by atoms with Crippen LogP contribution in [0, 0.1) is 0 Å². The average molecular weight is 267 g/mol. The molecule has 0 heterocycles. The summed E-state index contributed by atoms with van der Waals surface area (Å²) in [5, 5.41) is 0.0312. The van der Waals surface area contributed by atoms with Gasteiger partial charge < -0.3 is 0 Å². The van der Waals surface area contributed by atoms with Crippen LogP contribution in [-0.4, -0.2) is 34.8 Å². The third kappa shape index (κ3) is 2.41. The topological polar surface area (TPSA) is 34.1 Å². The van der Waals surface area contributed by atoms with Gasteiger partial charge in [0.15, 0.2) is 0 Å². The molecule has 10 heavy (non-hydrogen) atoms. The Bertz CT molecular complexity index is 192. The van der Waals surface area contributed by atoms with Crippen molar-refractivity contribution in [2.24, 2.45) is 0 Å². The molecule has 0 bridgehead atoms. The minimum atomic E-state index is -2.60. The summed E-state index contributed by atoms with van der Waals surface area (Å²) in [6.45, 7) is 0. The van der Waals surface area contributed by atoms with Crippen LogP contribution in [0.15, 0.2) is 0 Å². The Labute approximate surface area is 73.8 Å². The van der Waals surface area contributed by atoms with Crippen LogP contribution >= 0.6 is 0 Å². The van der Waals surface area contributed by atoms with Crippen LogP contribution in [0.25, 0.3) is 0 Å². The first-order valence-corrected chi connectivity index (χ1v) is 9.27. The van der Waals surface area contributed by atoms with Crippen LogP contribution in [0.3, 0.4) is 0 Å². The molecule has 0 aliphatic heterocycles. The van der Waals surface area contributed by atoms with Gasteiger partial charge in [-0.2, -0.15) is 0 Å². The molecule has 0 saturated heterocycles. The van der Waals surface area contributed by atoms with Gasteiger partial charge >= 0.3 is 73.9 Å². The number of hydrogen-bond acceptors (Lipinski definition) is 2. The van der Waals surface area contributed by atoms with E-state index in [1.807, 2.05) is 0 Å². The molecule has 1 rings (SSSR count). The Morgan fingerprint density at radius 3 is 1.90 bits per heavy atom. The van der Waals surface area contributed by atoms with E-state index in [4.69, 9.17) is 0 Å². The van der Waals surface area contributed by atoms with E-state index in [-0.39, 0.29) is 5.25 Å². The van der Waals surface area contributed by atoms with Crippen molar-refractivity contribution in [3.05, 3.63) is 0 Å². The monoisotopic (exact) mass is 268 g/mol. The van der Waals surface area contributed by atoms with E-state index in [2.05, 4.69) is 0 Å². The van der Waals surface area contributed by atoms with E-state index in [9.17, 15) is 8.42 Å². The summed E-state index contributed by atoms with van der Waals surface area (Å²) in [5.74, 6) is 0. The first-order chi connectivity index (χ1) is 4.61. The number of rotatable bonds is 1. The van der Waals surface area contributed by atoms with E-state index in [1.165, 1.54) is 6.42 Å². The first kappa shape index (κ1) is 8.84. The molecule has 0 aromatic heterocycles. The molecule has 0 amide bonds. The first-order valence-electron chi connectivity index (χ1n) is 3.62. The predicted molar refractivity (Wildman–Crippen MR) is 42.9 cm³/mol. The molecule has 58 valence electrons. The molecule has 4 heteroatoms.